The summed E-state index contributed by atoms with van der Waals surface area (Å²) in [5.41, 5.74) is 0.204. The van der Waals surface area contributed by atoms with E-state index in [1.165, 1.54) is 25.7 Å². The van der Waals surface area contributed by atoms with Crippen molar-refractivity contribution >= 4 is 5.91 Å². The van der Waals surface area contributed by atoms with Crippen molar-refractivity contribution in [1.29, 1.82) is 0 Å². The summed E-state index contributed by atoms with van der Waals surface area (Å²) in [4.78, 5) is 14.9. The van der Waals surface area contributed by atoms with Gasteiger partial charge in [-0.25, -0.2) is 0 Å². The predicted molar refractivity (Wildman–Crippen MR) is 79.0 cm³/mol. The molecule has 2 rings (SSSR count). The molecule has 1 aliphatic heterocycles. The average molecular weight is 266 g/mol. The van der Waals surface area contributed by atoms with Crippen LogP contribution in [0.3, 0.4) is 0 Å². The fourth-order valence-electron chi connectivity index (χ4n) is 3.77. The lowest BCUT2D eigenvalue weighted by atomic mass is 9.81. The molecule has 1 heterocycles. The number of carbonyl (C=O) groups excluding carboxylic acids is 1. The molecule has 0 aromatic carbocycles. The van der Waals surface area contributed by atoms with Crippen LogP contribution in [0.4, 0.5) is 0 Å². The Hall–Kier alpha value is -0.570. The van der Waals surface area contributed by atoms with Gasteiger partial charge in [-0.1, -0.05) is 20.3 Å². The molecule has 1 saturated carbocycles. The van der Waals surface area contributed by atoms with Gasteiger partial charge in [0.05, 0.1) is 0 Å². The van der Waals surface area contributed by atoms with Gasteiger partial charge >= 0.3 is 0 Å². The number of rotatable bonds is 4. The Bertz CT molecular complexity index is 308. The molecular weight excluding hydrogens is 236 g/mol. The number of nitrogens with zero attached hydrogens (tertiary/aromatic N) is 1. The summed E-state index contributed by atoms with van der Waals surface area (Å²) in [5.74, 6) is 1.32. The molecule has 1 saturated heterocycles. The number of nitrogens with one attached hydrogen (secondary N) is 1. The maximum atomic E-state index is 12.8. The molecule has 0 radical (unpaired) electrons. The van der Waals surface area contributed by atoms with E-state index in [1.807, 2.05) is 0 Å². The topological polar surface area (TPSA) is 32.3 Å². The highest BCUT2D eigenvalue weighted by Crippen LogP contribution is 2.43. The number of carbonyl (C=O) groups is 1. The third-order valence-corrected chi connectivity index (χ3v) is 5.13. The van der Waals surface area contributed by atoms with E-state index in [0.29, 0.717) is 11.8 Å². The summed E-state index contributed by atoms with van der Waals surface area (Å²) in [6.07, 6.45) is 6.03. The van der Waals surface area contributed by atoms with Crippen LogP contribution in [-0.4, -0.2) is 37.0 Å². The van der Waals surface area contributed by atoms with Crippen LogP contribution in [-0.2, 0) is 4.79 Å². The summed E-state index contributed by atoms with van der Waals surface area (Å²) < 4.78 is 0. The number of amides is 1. The quantitative estimate of drug-likeness (QED) is 0.848. The maximum absolute atomic E-state index is 12.8. The van der Waals surface area contributed by atoms with Crippen LogP contribution in [0.1, 0.15) is 52.9 Å². The van der Waals surface area contributed by atoms with Gasteiger partial charge in [0.1, 0.15) is 0 Å². The Balaban J connectivity index is 1.94. The van der Waals surface area contributed by atoms with E-state index in [-0.39, 0.29) is 11.3 Å². The van der Waals surface area contributed by atoms with Crippen molar-refractivity contribution in [3.63, 3.8) is 0 Å². The van der Waals surface area contributed by atoms with E-state index >= 15 is 0 Å². The largest absolute Gasteiger partial charge is 0.342 e. The first-order valence-electron chi connectivity index (χ1n) is 8.04. The predicted octanol–water partition coefficient (Wildman–Crippen LogP) is 2.66. The standard InChI is InChI=1S/C16H30N2O/c1-4-18(12-13-7-6-10-17-11-13)15(19)14-8-5-9-16(14,2)3/h13-14,17H,4-12H2,1-3H3. The molecule has 110 valence electrons. The zero-order chi connectivity index (χ0) is 13.9. The molecule has 0 spiro atoms. The van der Waals surface area contributed by atoms with E-state index in [4.69, 9.17) is 0 Å². The molecule has 1 amide bonds. The van der Waals surface area contributed by atoms with Crippen molar-refractivity contribution in [1.82, 2.24) is 10.2 Å². The van der Waals surface area contributed by atoms with Gasteiger partial charge < -0.3 is 10.2 Å². The summed E-state index contributed by atoms with van der Waals surface area (Å²) in [6.45, 7) is 10.7. The first kappa shape index (κ1) is 14.8. The molecule has 19 heavy (non-hydrogen) atoms. The van der Waals surface area contributed by atoms with Crippen LogP contribution < -0.4 is 5.32 Å². The highest BCUT2D eigenvalue weighted by molar-refractivity contribution is 5.80. The van der Waals surface area contributed by atoms with Crippen LogP contribution in [0, 0.1) is 17.3 Å². The van der Waals surface area contributed by atoms with Gasteiger partial charge in [0.25, 0.3) is 0 Å². The molecule has 1 N–H and O–H groups in total. The molecule has 0 aromatic rings. The van der Waals surface area contributed by atoms with Crippen molar-refractivity contribution in [3.8, 4) is 0 Å². The minimum absolute atomic E-state index is 0.204. The molecule has 0 aromatic heterocycles. The van der Waals surface area contributed by atoms with Gasteiger partial charge in [-0.15, -0.1) is 0 Å². The molecule has 2 aliphatic rings. The number of piperidine rings is 1. The second-order valence-corrected chi connectivity index (χ2v) is 7.02. The smallest absolute Gasteiger partial charge is 0.226 e. The van der Waals surface area contributed by atoms with E-state index in [2.05, 4.69) is 31.0 Å². The lowest BCUT2D eigenvalue weighted by Crippen LogP contribution is -2.45. The zero-order valence-corrected chi connectivity index (χ0v) is 12.9. The summed E-state index contributed by atoms with van der Waals surface area (Å²) in [6, 6.07) is 0. The molecular formula is C16H30N2O. The molecule has 3 heteroatoms. The van der Waals surface area contributed by atoms with E-state index in [0.717, 1.165) is 32.6 Å². The lowest BCUT2D eigenvalue weighted by molar-refractivity contribution is -0.138. The van der Waals surface area contributed by atoms with Crippen LogP contribution >= 0.6 is 0 Å². The Morgan fingerprint density at radius 3 is 2.63 bits per heavy atom. The van der Waals surface area contributed by atoms with Crippen molar-refractivity contribution in [2.75, 3.05) is 26.2 Å². The lowest BCUT2D eigenvalue weighted by Gasteiger charge is -2.34. The molecule has 2 unspecified atom stereocenters. The van der Waals surface area contributed by atoms with Crippen LogP contribution in [0.15, 0.2) is 0 Å². The minimum Gasteiger partial charge on any atom is -0.342 e. The van der Waals surface area contributed by atoms with Crippen LogP contribution in [0.25, 0.3) is 0 Å². The van der Waals surface area contributed by atoms with Crippen molar-refractivity contribution in [2.24, 2.45) is 17.3 Å². The van der Waals surface area contributed by atoms with E-state index in [9.17, 15) is 4.79 Å². The summed E-state index contributed by atoms with van der Waals surface area (Å²) in [5, 5.41) is 3.45. The molecule has 1 aliphatic carbocycles. The molecule has 3 nitrogen and oxygen atoms in total. The normalized spacial score (nSPS) is 30.3. The fraction of sp³-hybridized carbons (Fsp3) is 0.938. The first-order valence-corrected chi connectivity index (χ1v) is 8.04. The van der Waals surface area contributed by atoms with Gasteiger partial charge in [0.2, 0.25) is 5.91 Å². The minimum atomic E-state index is 0.204. The summed E-state index contributed by atoms with van der Waals surface area (Å²) >= 11 is 0. The Morgan fingerprint density at radius 1 is 1.32 bits per heavy atom. The van der Waals surface area contributed by atoms with Gasteiger partial charge in [-0.2, -0.15) is 0 Å². The Labute approximate surface area is 118 Å². The maximum Gasteiger partial charge on any atom is 0.226 e. The number of hydrogen-bond acceptors (Lipinski definition) is 2. The molecule has 2 fully saturated rings. The van der Waals surface area contributed by atoms with Gasteiger partial charge in [-0.05, 0) is 57.0 Å². The van der Waals surface area contributed by atoms with Crippen molar-refractivity contribution < 1.29 is 4.79 Å². The fourth-order valence-corrected chi connectivity index (χ4v) is 3.77. The van der Waals surface area contributed by atoms with Gasteiger partial charge in [0.15, 0.2) is 0 Å². The van der Waals surface area contributed by atoms with E-state index < -0.39 is 0 Å². The van der Waals surface area contributed by atoms with Gasteiger partial charge in [-0.3, -0.25) is 4.79 Å². The third kappa shape index (κ3) is 3.50. The average Bonchev–Trinajstić information content (AvgIpc) is 2.76. The SMILES string of the molecule is CCN(CC1CCCNC1)C(=O)C1CCCC1(C)C. The van der Waals surface area contributed by atoms with Crippen molar-refractivity contribution in [2.45, 2.75) is 52.9 Å². The van der Waals surface area contributed by atoms with E-state index in [1.54, 1.807) is 0 Å². The first-order chi connectivity index (χ1) is 9.04. The van der Waals surface area contributed by atoms with Gasteiger partial charge in [0, 0.05) is 19.0 Å². The van der Waals surface area contributed by atoms with Crippen LogP contribution in [0.2, 0.25) is 0 Å². The molecule has 2 atom stereocenters. The second-order valence-electron chi connectivity index (χ2n) is 7.02. The Morgan fingerprint density at radius 2 is 2.11 bits per heavy atom. The monoisotopic (exact) mass is 266 g/mol. The molecule has 0 bridgehead atoms. The van der Waals surface area contributed by atoms with Crippen LogP contribution in [0.5, 0.6) is 0 Å². The van der Waals surface area contributed by atoms with Crippen molar-refractivity contribution in [3.05, 3.63) is 0 Å². The third-order valence-electron chi connectivity index (χ3n) is 5.13. The zero-order valence-electron chi connectivity index (χ0n) is 12.9. The highest BCUT2D eigenvalue weighted by atomic mass is 16.2. The summed E-state index contributed by atoms with van der Waals surface area (Å²) in [7, 11) is 0. The second kappa shape index (κ2) is 6.25. The Kier molecular flexibility index (Phi) is 4.88. The number of hydrogen-bond donors (Lipinski definition) is 1. The highest BCUT2D eigenvalue weighted by Gasteiger charge is 2.41.